The minimum absolute atomic E-state index is 0.133. The summed E-state index contributed by atoms with van der Waals surface area (Å²) in [4.78, 5) is 28.4. The van der Waals surface area contributed by atoms with Crippen LogP contribution in [0.25, 0.3) is 5.76 Å². The van der Waals surface area contributed by atoms with Crippen molar-refractivity contribution in [3.63, 3.8) is 0 Å². The van der Waals surface area contributed by atoms with Crippen molar-refractivity contribution in [3.8, 4) is 28.7 Å². The van der Waals surface area contributed by atoms with Crippen LogP contribution in [0.3, 0.4) is 0 Å². The van der Waals surface area contributed by atoms with Gasteiger partial charge in [0.05, 0.1) is 57.2 Å². The molecule has 204 valence electrons. The Morgan fingerprint density at radius 3 is 2.08 bits per heavy atom. The molecule has 0 bridgehead atoms. The van der Waals surface area contributed by atoms with Gasteiger partial charge in [0.2, 0.25) is 0 Å². The molecule has 1 amide bonds. The zero-order chi connectivity index (χ0) is 28.3. The SMILES string of the molecule is CCOc1ccc(N2C(=O)C(=O)/C(=C(/O)c3cc(OC)c(Cl)cc3OC)C2c2ccc(OC)c(OC)c2)cc1. The average molecular weight is 554 g/mol. The van der Waals surface area contributed by atoms with Crippen LogP contribution in [0.5, 0.6) is 28.7 Å². The van der Waals surface area contributed by atoms with E-state index >= 15 is 0 Å². The summed E-state index contributed by atoms with van der Waals surface area (Å²) in [6.07, 6.45) is 0. The van der Waals surface area contributed by atoms with E-state index in [1.807, 2.05) is 6.92 Å². The van der Waals surface area contributed by atoms with Gasteiger partial charge in [-0.05, 0) is 55.0 Å². The first-order valence-corrected chi connectivity index (χ1v) is 12.3. The largest absolute Gasteiger partial charge is 0.507 e. The topological polar surface area (TPSA) is 104 Å². The molecule has 0 saturated carbocycles. The highest BCUT2D eigenvalue weighted by Crippen LogP contribution is 2.46. The summed E-state index contributed by atoms with van der Waals surface area (Å²) in [7, 11) is 5.81. The Bertz CT molecular complexity index is 1430. The predicted octanol–water partition coefficient (Wildman–Crippen LogP) is 5.40. The molecular weight excluding hydrogens is 526 g/mol. The second-order valence-electron chi connectivity index (χ2n) is 8.40. The molecule has 39 heavy (non-hydrogen) atoms. The van der Waals surface area contributed by atoms with E-state index in [0.29, 0.717) is 35.1 Å². The number of hydrogen-bond acceptors (Lipinski definition) is 8. The van der Waals surface area contributed by atoms with Crippen LogP contribution in [0.15, 0.2) is 60.2 Å². The molecule has 1 saturated heterocycles. The van der Waals surface area contributed by atoms with Crippen molar-refractivity contribution in [2.75, 3.05) is 39.9 Å². The molecule has 10 heteroatoms. The number of anilines is 1. The van der Waals surface area contributed by atoms with E-state index in [9.17, 15) is 14.7 Å². The molecule has 1 N–H and O–H groups in total. The zero-order valence-electron chi connectivity index (χ0n) is 22.1. The van der Waals surface area contributed by atoms with Crippen LogP contribution in [-0.4, -0.2) is 51.8 Å². The molecule has 3 aromatic carbocycles. The van der Waals surface area contributed by atoms with E-state index in [2.05, 4.69) is 0 Å². The number of carbonyl (C=O) groups excluding carboxylic acids is 2. The van der Waals surface area contributed by atoms with Crippen molar-refractivity contribution in [1.29, 1.82) is 0 Å². The number of ether oxygens (including phenoxy) is 5. The molecule has 1 unspecified atom stereocenters. The number of amides is 1. The third-order valence-electron chi connectivity index (χ3n) is 6.32. The first-order chi connectivity index (χ1) is 18.8. The molecule has 0 aliphatic carbocycles. The Morgan fingerprint density at radius 2 is 1.49 bits per heavy atom. The number of methoxy groups -OCH3 is 4. The van der Waals surface area contributed by atoms with Crippen LogP contribution in [0.2, 0.25) is 5.02 Å². The second-order valence-corrected chi connectivity index (χ2v) is 8.80. The normalized spacial score (nSPS) is 16.3. The van der Waals surface area contributed by atoms with E-state index in [1.165, 1.54) is 45.5 Å². The number of ketones is 1. The van der Waals surface area contributed by atoms with Gasteiger partial charge in [-0.2, -0.15) is 0 Å². The van der Waals surface area contributed by atoms with E-state index in [0.717, 1.165) is 0 Å². The highest BCUT2D eigenvalue weighted by atomic mass is 35.5. The van der Waals surface area contributed by atoms with Crippen LogP contribution in [0.4, 0.5) is 5.69 Å². The summed E-state index contributed by atoms with van der Waals surface area (Å²) in [6, 6.07) is 13.7. The van der Waals surface area contributed by atoms with Gasteiger partial charge in [0.15, 0.2) is 11.5 Å². The molecule has 1 heterocycles. The lowest BCUT2D eigenvalue weighted by molar-refractivity contribution is -0.132. The molecule has 1 aliphatic rings. The Hall–Kier alpha value is -4.37. The lowest BCUT2D eigenvalue weighted by Crippen LogP contribution is -2.29. The third-order valence-corrected chi connectivity index (χ3v) is 6.62. The Balaban J connectivity index is 1.98. The predicted molar refractivity (Wildman–Crippen MR) is 146 cm³/mol. The quantitative estimate of drug-likeness (QED) is 0.213. The van der Waals surface area contributed by atoms with Gasteiger partial charge < -0.3 is 28.8 Å². The van der Waals surface area contributed by atoms with Crippen LogP contribution in [-0.2, 0) is 9.59 Å². The van der Waals surface area contributed by atoms with Gasteiger partial charge in [-0.25, -0.2) is 0 Å². The number of benzene rings is 3. The van der Waals surface area contributed by atoms with Gasteiger partial charge in [-0.1, -0.05) is 17.7 Å². The number of carbonyl (C=O) groups is 2. The number of nitrogens with zero attached hydrogens (tertiary/aromatic N) is 1. The molecule has 3 aromatic rings. The number of aliphatic hydroxyl groups excluding tert-OH is 1. The number of hydrogen-bond donors (Lipinski definition) is 1. The molecule has 1 fully saturated rings. The molecule has 4 rings (SSSR count). The van der Waals surface area contributed by atoms with Gasteiger partial charge in [0.25, 0.3) is 11.7 Å². The number of halogens is 1. The fourth-order valence-corrected chi connectivity index (χ4v) is 4.73. The molecule has 1 atom stereocenters. The van der Waals surface area contributed by atoms with Gasteiger partial charge in [-0.3, -0.25) is 14.5 Å². The Kier molecular flexibility index (Phi) is 8.21. The maximum Gasteiger partial charge on any atom is 0.300 e. The van der Waals surface area contributed by atoms with Gasteiger partial charge in [0.1, 0.15) is 23.0 Å². The molecule has 0 radical (unpaired) electrons. The summed E-state index contributed by atoms with van der Waals surface area (Å²) in [5.41, 5.74) is 0.917. The minimum atomic E-state index is -1.02. The van der Waals surface area contributed by atoms with Crippen LogP contribution < -0.4 is 28.6 Å². The summed E-state index contributed by atoms with van der Waals surface area (Å²) in [5, 5.41) is 11.8. The van der Waals surface area contributed by atoms with Crippen molar-refractivity contribution in [3.05, 3.63) is 76.3 Å². The molecule has 0 spiro atoms. The lowest BCUT2D eigenvalue weighted by atomic mass is 9.94. The van der Waals surface area contributed by atoms with Crippen LogP contribution >= 0.6 is 11.6 Å². The second kappa shape index (κ2) is 11.6. The monoisotopic (exact) mass is 553 g/mol. The van der Waals surface area contributed by atoms with Crippen molar-refractivity contribution in [2.24, 2.45) is 0 Å². The summed E-state index contributed by atoms with van der Waals surface area (Å²) >= 11 is 6.25. The first kappa shape index (κ1) is 27.7. The first-order valence-electron chi connectivity index (χ1n) is 12.0. The fourth-order valence-electron chi connectivity index (χ4n) is 4.50. The lowest BCUT2D eigenvalue weighted by Gasteiger charge is -2.26. The Morgan fingerprint density at radius 1 is 0.846 bits per heavy atom. The smallest absolute Gasteiger partial charge is 0.300 e. The van der Waals surface area contributed by atoms with E-state index in [1.54, 1.807) is 42.5 Å². The third kappa shape index (κ3) is 5.05. The van der Waals surface area contributed by atoms with E-state index in [-0.39, 0.29) is 27.7 Å². The fraction of sp³-hybridized carbons (Fsp3) is 0.241. The standard InChI is InChI=1S/C29H28ClNO8/c1-6-39-18-10-8-17(9-11-18)31-26(16-7-12-21(35-2)24(13-16)38-5)25(28(33)29(31)34)27(32)19-14-23(37-4)20(30)15-22(19)36-3/h7-15,26,32H,6H2,1-5H3/b27-25+. The highest BCUT2D eigenvalue weighted by molar-refractivity contribution is 6.51. The van der Waals surface area contributed by atoms with Crippen LogP contribution in [0.1, 0.15) is 24.1 Å². The van der Waals surface area contributed by atoms with Gasteiger partial charge >= 0.3 is 0 Å². The van der Waals surface area contributed by atoms with Gasteiger partial charge in [-0.15, -0.1) is 0 Å². The molecule has 9 nitrogen and oxygen atoms in total. The maximum atomic E-state index is 13.6. The molecule has 1 aliphatic heterocycles. The molecular formula is C29H28ClNO8. The van der Waals surface area contributed by atoms with E-state index in [4.69, 9.17) is 35.3 Å². The summed E-state index contributed by atoms with van der Waals surface area (Å²) in [6.45, 7) is 2.34. The van der Waals surface area contributed by atoms with Crippen molar-refractivity contribution < 1.29 is 38.4 Å². The van der Waals surface area contributed by atoms with Crippen molar-refractivity contribution in [1.82, 2.24) is 0 Å². The number of Topliss-reactive ketones (excluding diaryl/α,β-unsaturated/α-hetero) is 1. The van der Waals surface area contributed by atoms with Crippen molar-refractivity contribution in [2.45, 2.75) is 13.0 Å². The zero-order valence-corrected chi connectivity index (χ0v) is 22.9. The maximum absolute atomic E-state index is 13.6. The highest BCUT2D eigenvalue weighted by Gasteiger charge is 2.47. The number of rotatable bonds is 9. The van der Waals surface area contributed by atoms with Gasteiger partial charge in [0, 0.05) is 11.8 Å². The van der Waals surface area contributed by atoms with Crippen molar-refractivity contribution >= 4 is 34.7 Å². The number of aliphatic hydroxyl groups is 1. The Labute approximate surface area is 231 Å². The molecule has 0 aromatic heterocycles. The summed E-state index contributed by atoms with van der Waals surface area (Å²) in [5.74, 6) is -0.245. The van der Waals surface area contributed by atoms with E-state index < -0.39 is 23.5 Å². The average Bonchev–Trinajstić information content (AvgIpc) is 3.22. The summed E-state index contributed by atoms with van der Waals surface area (Å²) < 4.78 is 27.1. The van der Waals surface area contributed by atoms with Crippen LogP contribution in [0, 0.1) is 0 Å². The minimum Gasteiger partial charge on any atom is -0.507 e.